The smallest absolute Gasteiger partial charge is 0.414 e. The third-order valence-corrected chi connectivity index (χ3v) is 6.34. The molecule has 2 aliphatic heterocycles. The summed E-state index contributed by atoms with van der Waals surface area (Å²) in [6.07, 6.45) is 2.02. The molecule has 32 heavy (non-hydrogen) atoms. The summed E-state index contributed by atoms with van der Waals surface area (Å²) in [5, 5.41) is 0. The number of hydrogen-bond donors (Lipinski definition) is 0. The Morgan fingerprint density at radius 1 is 1.03 bits per heavy atom. The molecule has 2 aromatic carbocycles. The van der Waals surface area contributed by atoms with Crippen molar-refractivity contribution in [1.29, 1.82) is 0 Å². The van der Waals surface area contributed by atoms with E-state index < -0.39 is 0 Å². The van der Waals surface area contributed by atoms with E-state index in [2.05, 4.69) is 4.90 Å². The predicted molar refractivity (Wildman–Crippen MR) is 122 cm³/mol. The number of nitrogens with zero attached hydrogens (tertiary/aromatic N) is 2. The van der Waals surface area contributed by atoms with Crippen LogP contribution in [0.2, 0.25) is 0 Å². The Kier molecular flexibility index (Phi) is 6.95. The molecule has 0 aromatic heterocycles. The van der Waals surface area contributed by atoms with Crippen molar-refractivity contribution in [3.05, 3.63) is 54.1 Å². The van der Waals surface area contributed by atoms with Gasteiger partial charge >= 0.3 is 6.09 Å². The van der Waals surface area contributed by atoms with E-state index in [1.165, 1.54) is 0 Å². The molecular formula is C25H30N2O5. The molecule has 1 unspecified atom stereocenters. The molecule has 7 heteroatoms. The second-order valence-electron chi connectivity index (χ2n) is 8.29. The van der Waals surface area contributed by atoms with E-state index in [4.69, 9.17) is 14.2 Å². The number of carbonyl (C=O) groups is 2. The zero-order chi connectivity index (χ0) is 22.5. The van der Waals surface area contributed by atoms with Crippen molar-refractivity contribution in [3.63, 3.8) is 0 Å². The molecule has 0 aliphatic carbocycles. The first-order valence-electron chi connectivity index (χ1n) is 11.1. The molecule has 2 aromatic rings. The van der Waals surface area contributed by atoms with Gasteiger partial charge in [0.15, 0.2) is 17.3 Å². The standard InChI is InChI=1S/C25H30N2O5/c1-30-22-9-8-20(16-23(22)31-2)27-17-21(32-25(27)29)12-15-26-13-10-19(11-14-26)24(28)18-6-4-3-5-7-18/h3-9,16,19,21H,10-15,17H2,1-2H3. The molecule has 0 saturated carbocycles. The molecule has 2 saturated heterocycles. The summed E-state index contributed by atoms with van der Waals surface area (Å²) in [4.78, 5) is 29.1. The molecule has 2 fully saturated rings. The van der Waals surface area contributed by atoms with Crippen LogP contribution >= 0.6 is 0 Å². The van der Waals surface area contributed by atoms with Crippen molar-refractivity contribution >= 4 is 17.6 Å². The van der Waals surface area contributed by atoms with Crippen molar-refractivity contribution in [1.82, 2.24) is 4.90 Å². The second-order valence-corrected chi connectivity index (χ2v) is 8.29. The molecule has 4 rings (SSSR count). The average molecular weight is 439 g/mol. The number of anilines is 1. The second kappa shape index (κ2) is 10.0. The molecule has 7 nitrogen and oxygen atoms in total. The Morgan fingerprint density at radius 3 is 2.44 bits per heavy atom. The highest BCUT2D eigenvalue weighted by Gasteiger charge is 2.33. The summed E-state index contributed by atoms with van der Waals surface area (Å²) in [7, 11) is 3.15. The quantitative estimate of drug-likeness (QED) is 0.580. The maximum atomic E-state index is 12.7. The number of piperidine rings is 1. The maximum absolute atomic E-state index is 12.7. The van der Waals surface area contributed by atoms with Gasteiger partial charge in [-0.05, 0) is 44.5 Å². The molecule has 2 heterocycles. The van der Waals surface area contributed by atoms with Crippen LogP contribution in [0.5, 0.6) is 11.5 Å². The molecule has 170 valence electrons. The Labute approximate surface area is 188 Å². The number of benzene rings is 2. The van der Waals surface area contributed by atoms with Gasteiger partial charge in [-0.2, -0.15) is 0 Å². The third-order valence-electron chi connectivity index (χ3n) is 6.34. The fourth-order valence-electron chi connectivity index (χ4n) is 4.46. The van der Waals surface area contributed by atoms with Gasteiger partial charge in [0.1, 0.15) is 6.10 Å². The molecule has 0 radical (unpaired) electrons. The number of rotatable bonds is 8. The average Bonchev–Trinajstić information content (AvgIpc) is 3.23. The Morgan fingerprint density at radius 2 is 1.75 bits per heavy atom. The molecular weight excluding hydrogens is 408 g/mol. The van der Waals surface area contributed by atoms with Crippen LogP contribution in [0.4, 0.5) is 10.5 Å². The highest BCUT2D eigenvalue weighted by molar-refractivity contribution is 5.97. The lowest BCUT2D eigenvalue weighted by molar-refractivity contribution is 0.0815. The first-order chi connectivity index (χ1) is 15.6. The summed E-state index contributed by atoms with van der Waals surface area (Å²) < 4.78 is 16.2. The van der Waals surface area contributed by atoms with Crippen LogP contribution in [0.3, 0.4) is 0 Å². The minimum atomic E-state index is -0.339. The number of likely N-dealkylation sites (tertiary alicyclic amines) is 1. The number of ketones is 1. The minimum absolute atomic E-state index is 0.0958. The van der Waals surface area contributed by atoms with Gasteiger partial charge in [-0.15, -0.1) is 0 Å². The van der Waals surface area contributed by atoms with Crippen molar-refractivity contribution in [2.24, 2.45) is 5.92 Å². The summed E-state index contributed by atoms with van der Waals surface area (Å²) in [5.74, 6) is 1.54. The van der Waals surface area contributed by atoms with E-state index in [9.17, 15) is 9.59 Å². The SMILES string of the molecule is COc1ccc(N2CC(CCN3CCC(C(=O)c4ccccc4)CC3)OC2=O)cc1OC. The summed E-state index contributed by atoms with van der Waals surface area (Å²) in [5.41, 5.74) is 1.54. The number of ether oxygens (including phenoxy) is 3. The van der Waals surface area contributed by atoms with Gasteiger partial charge in [-0.25, -0.2) is 4.79 Å². The lowest BCUT2D eigenvalue weighted by atomic mass is 9.89. The van der Waals surface area contributed by atoms with Gasteiger partial charge in [0.05, 0.1) is 26.5 Å². The van der Waals surface area contributed by atoms with Crippen molar-refractivity contribution in [3.8, 4) is 11.5 Å². The van der Waals surface area contributed by atoms with Crippen LogP contribution < -0.4 is 14.4 Å². The first-order valence-corrected chi connectivity index (χ1v) is 11.1. The Hall–Kier alpha value is -3.06. The number of hydrogen-bond acceptors (Lipinski definition) is 6. The molecule has 0 N–H and O–H groups in total. The summed E-state index contributed by atoms with van der Waals surface area (Å²) in [6.45, 7) is 3.15. The normalized spacial score (nSPS) is 19.6. The minimum Gasteiger partial charge on any atom is -0.493 e. The predicted octanol–water partition coefficient (Wildman–Crippen LogP) is 4.01. The monoisotopic (exact) mass is 438 g/mol. The van der Waals surface area contributed by atoms with Gasteiger partial charge < -0.3 is 19.1 Å². The third kappa shape index (κ3) is 4.88. The topological polar surface area (TPSA) is 68.3 Å². The number of Topliss-reactive ketones (excluding diaryl/α,β-unsaturated/α-hetero) is 1. The maximum Gasteiger partial charge on any atom is 0.414 e. The number of methoxy groups -OCH3 is 2. The van der Waals surface area contributed by atoms with E-state index in [0.717, 1.165) is 50.1 Å². The van der Waals surface area contributed by atoms with Gasteiger partial charge in [-0.3, -0.25) is 9.69 Å². The van der Waals surface area contributed by atoms with Gasteiger partial charge in [-0.1, -0.05) is 30.3 Å². The van der Waals surface area contributed by atoms with Gasteiger partial charge in [0.2, 0.25) is 0 Å². The molecule has 0 spiro atoms. The van der Waals surface area contributed by atoms with E-state index in [0.29, 0.717) is 18.0 Å². The van der Waals surface area contributed by atoms with Crippen molar-refractivity contribution < 1.29 is 23.8 Å². The van der Waals surface area contributed by atoms with Crippen LogP contribution in [-0.4, -0.2) is 63.3 Å². The Balaban J connectivity index is 1.26. The highest BCUT2D eigenvalue weighted by atomic mass is 16.6. The first kappa shape index (κ1) is 22.1. The summed E-state index contributed by atoms with van der Waals surface area (Å²) >= 11 is 0. The van der Waals surface area contributed by atoms with Crippen molar-refractivity contribution in [2.75, 3.05) is 45.3 Å². The lowest BCUT2D eigenvalue weighted by Gasteiger charge is -2.31. The van der Waals surface area contributed by atoms with Crippen LogP contribution in [0, 0.1) is 5.92 Å². The largest absolute Gasteiger partial charge is 0.493 e. The van der Waals surface area contributed by atoms with Crippen molar-refractivity contribution in [2.45, 2.75) is 25.4 Å². The van der Waals surface area contributed by atoms with Gasteiger partial charge in [0, 0.05) is 24.1 Å². The lowest BCUT2D eigenvalue weighted by Crippen LogP contribution is -2.38. The van der Waals surface area contributed by atoms with E-state index in [1.807, 2.05) is 36.4 Å². The number of amides is 1. The molecule has 2 aliphatic rings. The van der Waals surface area contributed by atoms with Crippen LogP contribution in [0.1, 0.15) is 29.6 Å². The highest BCUT2D eigenvalue weighted by Crippen LogP contribution is 2.33. The van der Waals surface area contributed by atoms with Crippen LogP contribution in [0.15, 0.2) is 48.5 Å². The molecule has 1 atom stereocenters. The van der Waals surface area contributed by atoms with Crippen LogP contribution in [-0.2, 0) is 4.74 Å². The fraction of sp³-hybridized carbons (Fsp3) is 0.440. The molecule has 0 bridgehead atoms. The number of carbonyl (C=O) groups excluding carboxylic acids is 2. The zero-order valence-corrected chi connectivity index (χ0v) is 18.7. The van der Waals surface area contributed by atoms with Crippen LogP contribution in [0.25, 0.3) is 0 Å². The van der Waals surface area contributed by atoms with E-state index in [-0.39, 0.29) is 23.9 Å². The van der Waals surface area contributed by atoms with Gasteiger partial charge in [0.25, 0.3) is 0 Å². The van der Waals surface area contributed by atoms with E-state index >= 15 is 0 Å². The summed E-state index contributed by atoms with van der Waals surface area (Å²) in [6, 6.07) is 15.0. The molecule has 1 amide bonds. The number of cyclic esters (lactones) is 1. The zero-order valence-electron chi connectivity index (χ0n) is 18.7. The van der Waals surface area contributed by atoms with E-state index in [1.54, 1.807) is 31.3 Å². The Bertz CT molecular complexity index is 941. The fourth-order valence-corrected chi connectivity index (χ4v) is 4.46.